The molecule has 0 atom stereocenters. The first-order valence-corrected chi connectivity index (χ1v) is 4.19. The van der Waals surface area contributed by atoms with Crippen molar-refractivity contribution >= 4 is 5.71 Å². The SMILES string of the molecule is CC(=NCC#N)c1ccc(C)cc1. The number of aryl methyl sites for hydroxylation is 1. The highest BCUT2D eigenvalue weighted by Gasteiger charge is 1.94. The molecule has 2 nitrogen and oxygen atoms in total. The number of rotatable bonds is 2. The number of benzene rings is 1. The van der Waals surface area contributed by atoms with Gasteiger partial charge in [-0.3, -0.25) is 4.99 Å². The van der Waals surface area contributed by atoms with E-state index in [0.717, 1.165) is 11.3 Å². The van der Waals surface area contributed by atoms with Gasteiger partial charge in [0.05, 0.1) is 6.07 Å². The molecule has 1 rings (SSSR count). The molecule has 0 heterocycles. The van der Waals surface area contributed by atoms with E-state index >= 15 is 0 Å². The van der Waals surface area contributed by atoms with Gasteiger partial charge in [0.2, 0.25) is 0 Å². The standard InChI is InChI=1S/C11H12N2/c1-9-3-5-11(6-4-9)10(2)13-8-7-12/h3-6H,8H2,1-2H3. The van der Waals surface area contributed by atoms with Crippen LogP contribution in [-0.4, -0.2) is 12.3 Å². The van der Waals surface area contributed by atoms with Gasteiger partial charge in [-0.15, -0.1) is 0 Å². The zero-order valence-corrected chi connectivity index (χ0v) is 7.91. The Hall–Kier alpha value is -1.62. The van der Waals surface area contributed by atoms with Crippen molar-refractivity contribution in [3.63, 3.8) is 0 Å². The summed E-state index contributed by atoms with van der Waals surface area (Å²) >= 11 is 0. The second kappa shape index (κ2) is 4.42. The molecular formula is C11H12N2. The van der Waals surface area contributed by atoms with Crippen LogP contribution >= 0.6 is 0 Å². The molecule has 0 fully saturated rings. The van der Waals surface area contributed by atoms with Crippen molar-refractivity contribution in [1.82, 2.24) is 0 Å². The fourth-order valence-electron chi connectivity index (χ4n) is 1.04. The number of nitrogens with zero attached hydrogens (tertiary/aromatic N) is 2. The molecule has 1 aromatic rings. The van der Waals surface area contributed by atoms with Gasteiger partial charge in [-0.25, -0.2) is 0 Å². The van der Waals surface area contributed by atoms with E-state index in [4.69, 9.17) is 5.26 Å². The van der Waals surface area contributed by atoms with Crippen LogP contribution in [0.25, 0.3) is 0 Å². The van der Waals surface area contributed by atoms with Crippen molar-refractivity contribution in [3.8, 4) is 6.07 Å². The molecule has 2 heteroatoms. The first kappa shape index (κ1) is 9.47. The third-order valence-corrected chi connectivity index (χ3v) is 1.86. The van der Waals surface area contributed by atoms with Gasteiger partial charge in [0.15, 0.2) is 0 Å². The summed E-state index contributed by atoms with van der Waals surface area (Å²) < 4.78 is 0. The van der Waals surface area contributed by atoms with Crippen LogP contribution in [0.4, 0.5) is 0 Å². The molecule has 0 radical (unpaired) electrons. The topological polar surface area (TPSA) is 36.1 Å². The van der Waals surface area contributed by atoms with Crippen molar-refractivity contribution in [2.75, 3.05) is 6.54 Å². The molecular weight excluding hydrogens is 160 g/mol. The predicted molar refractivity (Wildman–Crippen MR) is 53.9 cm³/mol. The predicted octanol–water partition coefficient (Wildman–Crippen LogP) is 2.33. The van der Waals surface area contributed by atoms with E-state index in [-0.39, 0.29) is 6.54 Å². The normalized spacial score (nSPS) is 11.0. The van der Waals surface area contributed by atoms with Gasteiger partial charge >= 0.3 is 0 Å². The van der Waals surface area contributed by atoms with Crippen LogP contribution in [0.15, 0.2) is 29.3 Å². The van der Waals surface area contributed by atoms with Crippen LogP contribution in [-0.2, 0) is 0 Å². The van der Waals surface area contributed by atoms with E-state index < -0.39 is 0 Å². The van der Waals surface area contributed by atoms with Gasteiger partial charge in [0.1, 0.15) is 6.54 Å². The first-order chi connectivity index (χ1) is 6.24. The van der Waals surface area contributed by atoms with Crippen LogP contribution in [0.3, 0.4) is 0 Å². The molecule has 0 aliphatic rings. The van der Waals surface area contributed by atoms with Crippen molar-refractivity contribution < 1.29 is 0 Å². The Labute approximate surface area is 78.5 Å². The van der Waals surface area contributed by atoms with Gasteiger partial charge in [-0.1, -0.05) is 29.8 Å². The molecule has 13 heavy (non-hydrogen) atoms. The Morgan fingerprint density at radius 2 is 2.00 bits per heavy atom. The number of nitriles is 1. The maximum absolute atomic E-state index is 8.35. The van der Waals surface area contributed by atoms with Crippen LogP contribution in [0, 0.1) is 18.3 Å². The van der Waals surface area contributed by atoms with Crippen molar-refractivity contribution in [1.29, 1.82) is 5.26 Å². The molecule has 0 amide bonds. The summed E-state index contributed by atoms with van der Waals surface area (Å²) in [5.41, 5.74) is 3.24. The van der Waals surface area contributed by atoms with Gasteiger partial charge in [0.25, 0.3) is 0 Å². The largest absolute Gasteiger partial charge is 0.274 e. The molecule has 0 saturated carbocycles. The molecule has 66 valence electrons. The Balaban J connectivity index is 2.84. The second-order valence-corrected chi connectivity index (χ2v) is 2.93. The van der Waals surface area contributed by atoms with Crippen molar-refractivity contribution in [2.24, 2.45) is 4.99 Å². The van der Waals surface area contributed by atoms with E-state index in [1.165, 1.54) is 5.56 Å². The van der Waals surface area contributed by atoms with Crippen molar-refractivity contribution in [2.45, 2.75) is 13.8 Å². The maximum atomic E-state index is 8.35. The first-order valence-electron chi connectivity index (χ1n) is 4.19. The highest BCUT2D eigenvalue weighted by Crippen LogP contribution is 2.04. The lowest BCUT2D eigenvalue weighted by Crippen LogP contribution is -1.95. The Morgan fingerprint density at radius 3 is 2.54 bits per heavy atom. The summed E-state index contributed by atoms with van der Waals surface area (Å²) in [6.07, 6.45) is 0. The van der Waals surface area contributed by atoms with Crippen LogP contribution in [0.2, 0.25) is 0 Å². The molecule has 0 aromatic heterocycles. The third kappa shape index (κ3) is 2.72. The highest BCUT2D eigenvalue weighted by molar-refractivity contribution is 5.98. The zero-order valence-electron chi connectivity index (χ0n) is 7.91. The number of hydrogen-bond acceptors (Lipinski definition) is 2. The Bertz CT molecular complexity index is 341. The minimum Gasteiger partial charge on any atom is -0.274 e. The second-order valence-electron chi connectivity index (χ2n) is 2.93. The number of hydrogen-bond donors (Lipinski definition) is 0. The van der Waals surface area contributed by atoms with Gasteiger partial charge in [-0.2, -0.15) is 5.26 Å². The van der Waals surface area contributed by atoms with E-state index in [0.29, 0.717) is 0 Å². The third-order valence-electron chi connectivity index (χ3n) is 1.86. The molecule has 0 spiro atoms. The zero-order chi connectivity index (χ0) is 9.68. The lowest BCUT2D eigenvalue weighted by atomic mass is 10.1. The average molecular weight is 172 g/mol. The number of aliphatic imine (C=N–C) groups is 1. The highest BCUT2D eigenvalue weighted by atomic mass is 14.7. The summed E-state index contributed by atoms with van der Waals surface area (Å²) in [5, 5.41) is 8.35. The average Bonchev–Trinajstić information content (AvgIpc) is 2.15. The molecule has 0 bridgehead atoms. The molecule has 0 unspecified atom stereocenters. The lowest BCUT2D eigenvalue weighted by molar-refractivity contribution is 1.23. The molecule has 0 saturated heterocycles. The van der Waals surface area contributed by atoms with Crippen molar-refractivity contribution in [3.05, 3.63) is 35.4 Å². The molecule has 0 aliphatic carbocycles. The molecule has 0 N–H and O–H groups in total. The fourth-order valence-corrected chi connectivity index (χ4v) is 1.04. The summed E-state index contributed by atoms with van der Waals surface area (Å²) in [6, 6.07) is 10.1. The Kier molecular flexibility index (Phi) is 3.22. The van der Waals surface area contributed by atoms with Gasteiger partial charge < -0.3 is 0 Å². The maximum Gasteiger partial charge on any atom is 0.126 e. The van der Waals surface area contributed by atoms with E-state index in [1.807, 2.05) is 44.2 Å². The van der Waals surface area contributed by atoms with Crippen LogP contribution in [0.1, 0.15) is 18.1 Å². The van der Waals surface area contributed by atoms with Gasteiger partial charge in [-0.05, 0) is 19.4 Å². The quantitative estimate of drug-likeness (QED) is 0.498. The minimum atomic E-state index is 0.236. The van der Waals surface area contributed by atoms with Crippen LogP contribution < -0.4 is 0 Å². The van der Waals surface area contributed by atoms with E-state index in [2.05, 4.69) is 4.99 Å². The fraction of sp³-hybridized carbons (Fsp3) is 0.273. The molecule has 1 aromatic carbocycles. The minimum absolute atomic E-state index is 0.236. The molecule has 0 aliphatic heterocycles. The smallest absolute Gasteiger partial charge is 0.126 e. The summed E-state index contributed by atoms with van der Waals surface area (Å²) in [7, 11) is 0. The van der Waals surface area contributed by atoms with Gasteiger partial charge in [0, 0.05) is 5.71 Å². The summed E-state index contributed by atoms with van der Waals surface area (Å²) in [5.74, 6) is 0. The van der Waals surface area contributed by atoms with E-state index in [1.54, 1.807) is 0 Å². The monoisotopic (exact) mass is 172 g/mol. The summed E-state index contributed by atoms with van der Waals surface area (Å²) in [4.78, 5) is 4.10. The lowest BCUT2D eigenvalue weighted by Gasteiger charge is -1.99. The summed E-state index contributed by atoms with van der Waals surface area (Å²) in [6.45, 7) is 4.20. The Morgan fingerprint density at radius 1 is 1.38 bits per heavy atom. The van der Waals surface area contributed by atoms with E-state index in [9.17, 15) is 0 Å². The van der Waals surface area contributed by atoms with Crippen LogP contribution in [0.5, 0.6) is 0 Å².